The molecule has 0 saturated carbocycles. The molecule has 7 heteroatoms. The topological polar surface area (TPSA) is 71.8 Å². The smallest absolute Gasteiger partial charge is 0.253 e. The summed E-state index contributed by atoms with van der Waals surface area (Å²) < 4.78 is 36.1. The summed E-state index contributed by atoms with van der Waals surface area (Å²) >= 11 is 0. The fourth-order valence-corrected chi connectivity index (χ4v) is 3.90. The van der Waals surface area contributed by atoms with Crippen molar-refractivity contribution in [2.24, 2.45) is 0 Å². The van der Waals surface area contributed by atoms with E-state index in [0.717, 1.165) is 16.4 Å². The van der Waals surface area contributed by atoms with Gasteiger partial charge in [-0.3, -0.25) is 0 Å². The predicted molar refractivity (Wildman–Crippen MR) is 86.4 cm³/mol. The van der Waals surface area contributed by atoms with Gasteiger partial charge in [0.15, 0.2) is 0 Å². The molecule has 1 N–H and O–H groups in total. The fourth-order valence-electron chi connectivity index (χ4n) is 2.75. The molecule has 0 atom stereocenters. The number of ether oxygens (including phenoxy) is 1. The van der Waals surface area contributed by atoms with E-state index in [-0.39, 0.29) is 4.90 Å². The van der Waals surface area contributed by atoms with Crippen molar-refractivity contribution in [1.82, 2.24) is 9.84 Å². The van der Waals surface area contributed by atoms with Crippen LogP contribution in [-0.4, -0.2) is 39.7 Å². The minimum atomic E-state index is -3.62. The van der Waals surface area contributed by atoms with Crippen molar-refractivity contribution in [3.8, 4) is 0 Å². The van der Waals surface area contributed by atoms with Crippen LogP contribution in [0.4, 0.5) is 0 Å². The largest absolute Gasteiger partial charge is 0.456 e. The van der Waals surface area contributed by atoms with Crippen molar-refractivity contribution < 1.29 is 17.6 Å². The molecule has 0 amide bonds. The maximum absolute atomic E-state index is 12.6. The lowest BCUT2D eigenvalue weighted by molar-refractivity contribution is 0.0272. The van der Waals surface area contributed by atoms with Gasteiger partial charge >= 0.3 is 0 Å². The number of para-hydroxylation sites is 1. The highest BCUT2D eigenvalue weighted by atomic mass is 32.2. The Bertz CT molecular complexity index is 959. The number of sulfonamides is 1. The number of hydrogen-bond donors (Lipinski definition) is 1. The zero-order valence-electron chi connectivity index (χ0n) is 12.4. The maximum atomic E-state index is 12.6. The van der Waals surface area contributed by atoms with Crippen LogP contribution < -0.4 is 4.83 Å². The minimum Gasteiger partial charge on any atom is -0.456 e. The Hall–Kier alpha value is -1.93. The minimum absolute atomic E-state index is 0.225. The van der Waals surface area contributed by atoms with Crippen molar-refractivity contribution in [2.45, 2.75) is 4.90 Å². The molecule has 0 aliphatic carbocycles. The lowest BCUT2D eigenvalue weighted by Crippen LogP contribution is -2.48. The van der Waals surface area contributed by atoms with E-state index in [1.165, 1.54) is 0 Å². The van der Waals surface area contributed by atoms with Crippen LogP contribution in [0.25, 0.3) is 21.9 Å². The molecular weight excluding hydrogens is 316 g/mol. The molecular formula is C16H16N2O4S. The molecule has 1 saturated heterocycles. The van der Waals surface area contributed by atoms with Gasteiger partial charge in [0.25, 0.3) is 10.0 Å². The second-order valence-electron chi connectivity index (χ2n) is 5.45. The highest BCUT2D eigenvalue weighted by Gasteiger charge is 2.21. The SMILES string of the molecule is O=S(=O)(NN1CCOCC1)c1ccc2oc3ccccc3c2c1. The molecule has 4 rings (SSSR count). The second-order valence-corrected chi connectivity index (χ2v) is 7.11. The molecule has 0 spiro atoms. The van der Waals surface area contributed by atoms with Crippen LogP contribution in [-0.2, 0) is 14.8 Å². The Balaban J connectivity index is 1.74. The van der Waals surface area contributed by atoms with E-state index in [4.69, 9.17) is 9.15 Å². The van der Waals surface area contributed by atoms with E-state index in [1.807, 2.05) is 24.3 Å². The summed E-state index contributed by atoms with van der Waals surface area (Å²) in [5, 5.41) is 3.37. The summed E-state index contributed by atoms with van der Waals surface area (Å²) in [6.07, 6.45) is 0. The normalized spacial score (nSPS) is 17.0. The van der Waals surface area contributed by atoms with Crippen LogP contribution in [0.5, 0.6) is 0 Å². The van der Waals surface area contributed by atoms with Crippen molar-refractivity contribution in [2.75, 3.05) is 26.3 Å². The summed E-state index contributed by atoms with van der Waals surface area (Å²) in [6, 6.07) is 12.5. The summed E-state index contributed by atoms with van der Waals surface area (Å²) in [6.45, 7) is 2.12. The zero-order chi connectivity index (χ0) is 15.9. The van der Waals surface area contributed by atoms with E-state index >= 15 is 0 Å². The number of furan rings is 1. The first-order valence-electron chi connectivity index (χ1n) is 7.40. The molecule has 0 unspecified atom stereocenters. The van der Waals surface area contributed by atoms with Crippen LogP contribution in [0.1, 0.15) is 0 Å². The average molecular weight is 332 g/mol. The first-order chi connectivity index (χ1) is 11.1. The molecule has 1 aliphatic heterocycles. The number of fused-ring (bicyclic) bond motifs is 3. The fraction of sp³-hybridized carbons (Fsp3) is 0.250. The van der Waals surface area contributed by atoms with Gasteiger partial charge in [-0.05, 0) is 24.3 Å². The number of benzene rings is 2. The monoisotopic (exact) mass is 332 g/mol. The van der Waals surface area contributed by atoms with Crippen LogP contribution in [0.15, 0.2) is 51.8 Å². The molecule has 0 radical (unpaired) electrons. The molecule has 1 aromatic heterocycles. The van der Waals surface area contributed by atoms with Crippen LogP contribution in [0.2, 0.25) is 0 Å². The number of hydrogen-bond acceptors (Lipinski definition) is 5. The van der Waals surface area contributed by atoms with Gasteiger partial charge in [0.05, 0.1) is 18.1 Å². The van der Waals surface area contributed by atoms with Gasteiger partial charge in [0, 0.05) is 23.9 Å². The third kappa shape index (κ3) is 2.72. The van der Waals surface area contributed by atoms with Gasteiger partial charge in [-0.1, -0.05) is 18.2 Å². The number of hydrazine groups is 1. The number of rotatable bonds is 3. The standard InChI is InChI=1S/C16H16N2O4S/c19-23(20,17-18-7-9-21-10-8-18)12-5-6-16-14(11-12)13-3-1-2-4-15(13)22-16/h1-6,11,17H,7-10H2. The Labute approximate surface area is 133 Å². The highest BCUT2D eigenvalue weighted by molar-refractivity contribution is 7.89. The second kappa shape index (κ2) is 5.61. The first kappa shape index (κ1) is 14.6. The van der Waals surface area contributed by atoms with Gasteiger partial charge in [-0.25, -0.2) is 13.4 Å². The van der Waals surface area contributed by atoms with Gasteiger partial charge in [0.2, 0.25) is 0 Å². The van der Waals surface area contributed by atoms with E-state index in [2.05, 4.69) is 4.83 Å². The van der Waals surface area contributed by atoms with Gasteiger partial charge in [-0.2, -0.15) is 0 Å². The molecule has 6 nitrogen and oxygen atoms in total. The number of nitrogens with zero attached hydrogens (tertiary/aromatic N) is 1. The molecule has 3 aromatic rings. The van der Waals surface area contributed by atoms with Gasteiger partial charge in [-0.15, -0.1) is 4.83 Å². The molecule has 1 aliphatic rings. The molecule has 0 bridgehead atoms. The number of nitrogens with one attached hydrogen (secondary N) is 1. The third-order valence-corrected chi connectivity index (χ3v) is 5.29. The van der Waals surface area contributed by atoms with Crippen molar-refractivity contribution >= 4 is 32.0 Å². The Morgan fingerprint density at radius 2 is 1.70 bits per heavy atom. The molecule has 2 heterocycles. The van der Waals surface area contributed by atoms with Crippen LogP contribution in [0, 0.1) is 0 Å². The summed E-state index contributed by atoms with van der Waals surface area (Å²) in [4.78, 5) is 2.84. The molecule has 1 fully saturated rings. The van der Waals surface area contributed by atoms with Crippen molar-refractivity contribution in [1.29, 1.82) is 0 Å². The van der Waals surface area contributed by atoms with Crippen LogP contribution in [0.3, 0.4) is 0 Å². The van der Waals surface area contributed by atoms with Gasteiger partial charge < -0.3 is 9.15 Å². The Morgan fingerprint density at radius 3 is 2.52 bits per heavy atom. The van der Waals surface area contributed by atoms with E-state index in [1.54, 1.807) is 23.2 Å². The van der Waals surface area contributed by atoms with Crippen molar-refractivity contribution in [3.63, 3.8) is 0 Å². The Morgan fingerprint density at radius 1 is 0.957 bits per heavy atom. The highest BCUT2D eigenvalue weighted by Crippen LogP contribution is 2.30. The zero-order valence-corrected chi connectivity index (χ0v) is 13.2. The first-order valence-corrected chi connectivity index (χ1v) is 8.88. The quantitative estimate of drug-likeness (QED) is 0.795. The summed E-state index contributed by atoms with van der Waals surface area (Å²) in [7, 11) is -3.62. The third-order valence-electron chi connectivity index (χ3n) is 3.92. The summed E-state index contributed by atoms with van der Waals surface area (Å²) in [5.41, 5.74) is 1.43. The molecule has 120 valence electrons. The lowest BCUT2D eigenvalue weighted by atomic mass is 10.1. The Kier molecular flexibility index (Phi) is 3.57. The average Bonchev–Trinajstić information content (AvgIpc) is 2.93. The number of morpholine rings is 1. The van der Waals surface area contributed by atoms with Crippen LogP contribution >= 0.6 is 0 Å². The van der Waals surface area contributed by atoms with Gasteiger partial charge in [0.1, 0.15) is 11.2 Å². The van der Waals surface area contributed by atoms with E-state index in [9.17, 15) is 8.42 Å². The van der Waals surface area contributed by atoms with E-state index in [0.29, 0.717) is 31.9 Å². The summed E-state index contributed by atoms with van der Waals surface area (Å²) in [5.74, 6) is 0. The maximum Gasteiger partial charge on any atom is 0.253 e. The molecule has 2 aromatic carbocycles. The van der Waals surface area contributed by atoms with Crippen molar-refractivity contribution in [3.05, 3.63) is 42.5 Å². The lowest BCUT2D eigenvalue weighted by Gasteiger charge is -2.26. The predicted octanol–water partition coefficient (Wildman–Crippen LogP) is 2.11. The van der Waals surface area contributed by atoms with E-state index < -0.39 is 10.0 Å². The molecule has 23 heavy (non-hydrogen) atoms.